The molecule has 3 rings (SSSR count). The number of aliphatic hydroxyl groups is 2. The molecule has 1 aliphatic heterocycles. The number of fused-ring (bicyclic) bond motifs is 1. The van der Waals surface area contributed by atoms with Gasteiger partial charge in [0.15, 0.2) is 17.2 Å². The minimum atomic E-state index is -5.92. The molecule has 3 heterocycles. The van der Waals surface area contributed by atoms with Crippen LogP contribution in [0.3, 0.4) is 0 Å². The first-order valence-corrected chi connectivity index (χ1v) is 20.6. The highest BCUT2D eigenvalue weighted by molar-refractivity contribution is 7.59. The first-order chi connectivity index (χ1) is 24.9. The Morgan fingerprint density at radius 1 is 1.04 bits per heavy atom. The second-order valence-corrected chi connectivity index (χ2v) is 17.1. The molecular formula is C27H42N7O17P3-4. The number of unbranched alkanes of at least 4 members (excludes halogenated alkanes) is 2. The largest absolute Gasteiger partial charge is 0.790 e. The van der Waals surface area contributed by atoms with Crippen molar-refractivity contribution in [2.24, 2.45) is 5.41 Å². The Kier molecular flexibility index (Phi) is 15.6. The van der Waals surface area contributed by atoms with E-state index in [1.165, 1.54) is 27.7 Å². The van der Waals surface area contributed by atoms with E-state index in [1.807, 2.05) is 0 Å². The van der Waals surface area contributed by atoms with Gasteiger partial charge in [-0.2, -0.15) is 0 Å². The minimum absolute atomic E-state index is 0.0300. The number of amides is 2. The Hall–Kier alpha value is -2.79. The van der Waals surface area contributed by atoms with Gasteiger partial charge in [-0.15, -0.1) is 0 Å². The number of carbonyl (C=O) groups is 3. The fraction of sp³-hybridized carbons (Fsp3) is 0.704. The molecule has 0 aliphatic carbocycles. The second-order valence-electron chi connectivity index (χ2n) is 13.1. The molecule has 0 saturated carbocycles. The zero-order chi connectivity index (χ0) is 40.7. The van der Waals surface area contributed by atoms with Gasteiger partial charge in [-0.05, 0) is 26.7 Å². The van der Waals surface area contributed by atoms with Gasteiger partial charge in [0.1, 0.15) is 42.0 Å². The zero-order valence-electron chi connectivity index (χ0n) is 29.6. The molecule has 7 unspecified atom stereocenters. The van der Waals surface area contributed by atoms with Crippen LogP contribution in [0.1, 0.15) is 59.8 Å². The summed E-state index contributed by atoms with van der Waals surface area (Å²) in [6, 6.07) is 0. The fourth-order valence-electron chi connectivity index (χ4n) is 5.13. The van der Waals surface area contributed by atoms with Crippen LogP contribution in [0.15, 0.2) is 12.7 Å². The first-order valence-electron chi connectivity index (χ1n) is 16.2. The maximum atomic E-state index is 12.5. The van der Waals surface area contributed by atoms with Crippen LogP contribution in [0.5, 0.6) is 0 Å². The third kappa shape index (κ3) is 12.9. The van der Waals surface area contributed by atoms with Crippen molar-refractivity contribution in [1.29, 1.82) is 0 Å². The SMILES string of the molecule is CC(=O)CCCCCNC(=O)CCNC(=O)C(O)C(C)(C)COP(=O)([O-])OP(=O)([O-])OCC1OC(C)(n2cnc3c(N)ncnc32)C(O)C1OP(=O)([O-])[O-]. The van der Waals surface area contributed by atoms with Gasteiger partial charge in [-0.3, -0.25) is 23.3 Å². The van der Waals surface area contributed by atoms with Gasteiger partial charge in [0.25, 0.3) is 15.6 Å². The Labute approximate surface area is 308 Å². The van der Waals surface area contributed by atoms with E-state index in [9.17, 15) is 57.9 Å². The zero-order valence-corrected chi connectivity index (χ0v) is 32.2. The van der Waals surface area contributed by atoms with Crippen LogP contribution in [0.25, 0.3) is 11.2 Å². The van der Waals surface area contributed by atoms with Crippen molar-refractivity contribution in [3.8, 4) is 0 Å². The molecule has 2 aromatic heterocycles. The number of ketones is 1. The van der Waals surface area contributed by atoms with Crippen molar-refractivity contribution in [3.63, 3.8) is 0 Å². The number of phosphoric ester groups is 3. The van der Waals surface area contributed by atoms with Crippen LogP contribution in [0.2, 0.25) is 0 Å². The van der Waals surface area contributed by atoms with E-state index in [4.69, 9.17) is 10.5 Å². The number of phosphoric acid groups is 3. The average molecular weight is 830 g/mol. The van der Waals surface area contributed by atoms with Crippen molar-refractivity contribution in [1.82, 2.24) is 30.2 Å². The molecule has 54 heavy (non-hydrogen) atoms. The number of ether oxygens (including phenoxy) is 1. The summed E-state index contributed by atoms with van der Waals surface area (Å²) in [5, 5.41) is 26.5. The Morgan fingerprint density at radius 3 is 2.35 bits per heavy atom. The number of anilines is 1. The summed E-state index contributed by atoms with van der Waals surface area (Å²) in [7, 11) is -17.6. The predicted octanol–water partition coefficient (Wildman–Crippen LogP) is -2.80. The molecule has 1 fully saturated rings. The Bertz CT molecular complexity index is 1790. The number of nitrogen functional groups attached to an aromatic ring is 1. The lowest BCUT2D eigenvalue weighted by Gasteiger charge is -2.36. The van der Waals surface area contributed by atoms with E-state index < -0.39 is 78.1 Å². The number of hydrogen-bond donors (Lipinski definition) is 5. The van der Waals surface area contributed by atoms with E-state index in [0.717, 1.165) is 23.6 Å². The van der Waals surface area contributed by atoms with Crippen LogP contribution in [-0.4, -0.2) is 98.0 Å². The van der Waals surface area contributed by atoms with Crippen molar-refractivity contribution in [2.45, 2.75) is 89.9 Å². The van der Waals surface area contributed by atoms with E-state index in [2.05, 4.69) is 43.5 Å². The summed E-state index contributed by atoms with van der Waals surface area (Å²) in [6.45, 7) is 3.00. The lowest BCUT2D eigenvalue weighted by atomic mass is 9.87. The van der Waals surface area contributed by atoms with E-state index >= 15 is 0 Å². The number of aliphatic hydroxyl groups excluding tert-OH is 2. The third-order valence-electron chi connectivity index (χ3n) is 8.07. The summed E-state index contributed by atoms with van der Waals surface area (Å²) < 4.78 is 61.0. The highest BCUT2D eigenvalue weighted by atomic mass is 31.3. The molecule has 0 aromatic carbocycles. The number of nitrogens with two attached hydrogens (primary N) is 1. The quantitative estimate of drug-likeness (QED) is 0.0591. The van der Waals surface area contributed by atoms with Crippen molar-refractivity contribution >= 4 is 58.0 Å². The van der Waals surface area contributed by atoms with Gasteiger partial charge >= 0.3 is 0 Å². The Balaban J connectivity index is 1.54. The maximum absolute atomic E-state index is 12.5. The van der Waals surface area contributed by atoms with Crippen LogP contribution in [-0.2, 0) is 56.4 Å². The summed E-state index contributed by atoms with van der Waals surface area (Å²) in [5.41, 5.74) is 2.05. The van der Waals surface area contributed by atoms with Crippen LogP contribution < -0.4 is 35.9 Å². The fourth-order valence-corrected chi connectivity index (χ4v) is 7.86. The lowest BCUT2D eigenvalue weighted by molar-refractivity contribution is -0.347. The van der Waals surface area contributed by atoms with Crippen LogP contribution in [0, 0.1) is 5.41 Å². The lowest BCUT2D eigenvalue weighted by Crippen LogP contribution is -2.46. The molecule has 6 N–H and O–H groups in total. The molecule has 0 bridgehead atoms. The number of nitrogens with zero attached hydrogens (tertiary/aromatic N) is 4. The van der Waals surface area contributed by atoms with Crippen molar-refractivity contribution in [3.05, 3.63) is 12.7 Å². The van der Waals surface area contributed by atoms with Gasteiger partial charge in [-0.25, -0.2) is 19.3 Å². The predicted molar refractivity (Wildman–Crippen MR) is 175 cm³/mol. The average Bonchev–Trinajstić information content (AvgIpc) is 3.60. The first kappa shape index (κ1) is 45.6. The molecule has 0 radical (unpaired) electrons. The van der Waals surface area contributed by atoms with E-state index in [0.29, 0.717) is 25.8 Å². The maximum Gasteiger partial charge on any atom is 0.274 e. The van der Waals surface area contributed by atoms with E-state index in [1.54, 1.807) is 0 Å². The smallest absolute Gasteiger partial charge is 0.274 e. The molecular weight excluding hydrogens is 787 g/mol. The summed E-state index contributed by atoms with van der Waals surface area (Å²) in [6.07, 6.45) is -3.42. The van der Waals surface area contributed by atoms with Crippen LogP contribution in [0.4, 0.5) is 5.82 Å². The molecule has 24 nitrogen and oxygen atoms in total. The number of Topliss-reactive ketones (excluding diaryl/α,β-unsaturated/α-hetero) is 1. The van der Waals surface area contributed by atoms with Gasteiger partial charge in [0.2, 0.25) is 11.8 Å². The molecule has 306 valence electrons. The normalized spacial score (nSPS) is 23.4. The topological polar surface area (TPSA) is 375 Å². The summed E-state index contributed by atoms with van der Waals surface area (Å²) >= 11 is 0. The Morgan fingerprint density at radius 2 is 1.70 bits per heavy atom. The van der Waals surface area contributed by atoms with Crippen molar-refractivity contribution < 1.29 is 80.5 Å². The molecule has 7 atom stereocenters. The molecule has 0 spiro atoms. The third-order valence-corrected chi connectivity index (χ3v) is 11.1. The number of rotatable bonds is 22. The number of aromatic nitrogens is 4. The minimum Gasteiger partial charge on any atom is -0.790 e. The number of carbonyl (C=O) groups excluding carboxylic acids is 3. The van der Waals surface area contributed by atoms with Crippen molar-refractivity contribution in [2.75, 3.05) is 32.0 Å². The molecule has 2 amide bonds. The number of imidazole rings is 1. The summed E-state index contributed by atoms with van der Waals surface area (Å²) in [4.78, 5) is 95.2. The summed E-state index contributed by atoms with van der Waals surface area (Å²) in [5.74, 6) is -1.38. The van der Waals surface area contributed by atoms with Gasteiger partial charge < -0.3 is 73.8 Å². The molecule has 27 heteroatoms. The van der Waals surface area contributed by atoms with Gasteiger partial charge in [-0.1, -0.05) is 20.3 Å². The van der Waals surface area contributed by atoms with Crippen LogP contribution >= 0.6 is 23.5 Å². The number of nitrogens with one attached hydrogen (secondary N) is 2. The highest BCUT2D eigenvalue weighted by Crippen LogP contribution is 2.56. The second kappa shape index (κ2) is 18.4. The standard InChI is InChI=1S/C27H46N7O17P3/c1-16(35)8-6-5-7-10-29-18(36)9-11-30-25(39)22(38)26(2,3)13-48-54(45,46)51-53(43,44)47-12-17-20(50-52(40,41)42)21(37)27(4,49-17)34-15-33-19-23(28)31-14-32-24(19)34/h14-15,17,20-22,37-38H,5-13H2,1-4H3,(H,29,36)(H,30,39)(H,43,44)(H,45,46)(H2,28,31,32)(H2,40,41,42)/p-4. The molecule has 1 saturated heterocycles. The van der Waals surface area contributed by atoms with E-state index in [-0.39, 0.29) is 41.6 Å². The highest BCUT2D eigenvalue weighted by Gasteiger charge is 2.55. The van der Waals surface area contributed by atoms with Gasteiger partial charge in [0, 0.05) is 31.3 Å². The number of hydrogen-bond acceptors (Lipinski definition) is 21. The molecule has 2 aromatic rings. The van der Waals surface area contributed by atoms with Gasteiger partial charge in [0.05, 0.1) is 27.4 Å². The monoisotopic (exact) mass is 829 g/mol. The molecule has 1 aliphatic rings.